The van der Waals surface area contributed by atoms with Gasteiger partial charge in [-0.2, -0.15) is 0 Å². The third-order valence-electron chi connectivity index (χ3n) is 8.71. The fraction of sp³-hybridized carbons (Fsp3) is 0.333. The Hall–Kier alpha value is -5.24. The van der Waals surface area contributed by atoms with Crippen molar-refractivity contribution in [2.75, 3.05) is 6.61 Å². The lowest BCUT2D eigenvalue weighted by Crippen LogP contribution is -2.64. The van der Waals surface area contributed by atoms with Gasteiger partial charge in [0, 0.05) is 23.8 Å². The molecule has 6 rings (SSSR count). The van der Waals surface area contributed by atoms with E-state index in [1.54, 1.807) is 12.1 Å². The lowest BCUT2D eigenvalue weighted by Gasteiger charge is -2.45. The average molecular weight is 741 g/mol. The van der Waals surface area contributed by atoms with Gasteiger partial charge in [0.1, 0.15) is 83.3 Å². The van der Waals surface area contributed by atoms with Gasteiger partial charge in [-0.3, -0.25) is 4.79 Å². The van der Waals surface area contributed by atoms with Crippen molar-refractivity contribution in [1.82, 2.24) is 0 Å². The molecule has 17 nitrogen and oxygen atoms in total. The highest BCUT2D eigenvalue weighted by atomic mass is 16.7. The van der Waals surface area contributed by atoms with E-state index in [1.807, 2.05) is 0 Å². The molecule has 2 fully saturated rings. The van der Waals surface area contributed by atoms with Gasteiger partial charge in [-0.05, 0) is 55.0 Å². The molecule has 17 heteroatoms. The van der Waals surface area contributed by atoms with Crippen LogP contribution in [0.15, 0.2) is 76.0 Å². The number of esters is 1. The summed E-state index contributed by atoms with van der Waals surface area (Å²) in [4.78, 5) is 26.0. The van der Waals surface area contributed by atoms with Gasteiger partial charge in [-0.25, -0.2) is 4.79 Å². The fourth-order valence-electron chi connectivity index (χ4n) is 5.87. The molecule has 0 spiro atoms. The summed E-state index contributed by atoms with van der Waals surface area (Å²) in [5.41, 5.74) is -0.363. The molecule has 0 bridgehead atoms. The maximum absolute atomic E-state index is 13.7. The zero-order valence-electron chi connectivity index (χ0n) is 27.7. The third kappa shape index (κ3) is 7.92. The predicted octanol–water partition coefficient (Wildman–Crippen LogP) is 0.577. The topological polar surface area (TPSA) is 275 Å². The average Bonchev–Trinajstić information content (AvgIpc) is 3.12. The molecule has 0 aliphatic carbocycles. The monoisotopic (exact) mass is 740 g/mol. The molecule has 10 atom stereocenters. The Kier molecular flexibility index (Phi) is 10.9. The molecular weight excluding hydrogens is 704 g/mol. The Morgan fingerprint density at radius 2 is 1.42 bits per heavy atom. The minimum Gasteiger partial charge on any atom is -0.508 e. The fourth-order valence-corrected chi connectivity index (χ4v) is 5.87. The van der Waals surface area contributed by atoms with Gasteiger partial charge in [-0.15, -0.1) is 0 Å². The molecule has 2 saturated heterocycles. The van der Waals surface area contributed by atoms with E-state index in [9.17, 15) is 55.5 Å². The molecular formula is C36H36O17. The summed E-state index contributed by atoms with van der Waals surface area (Å²) in [6, 6.07) is 13.3. The van der Waals surface area contributed by atoms with Gasteiger partial charge >= 0.3 is 5.97 Å². The molecule has 9 N–H and O–H groups in total. The number of phenolic OH excluding ortho intramolecular Hbond substituents is 4. The highest BCUT2D eigenvalue weighted by Crippen LogP contribution is 2.38. The van der Waals surface area contributed by atoms with Crippen LogP contribution in [0.3, 0.4) is 0 Å². The molecule has 2 aliphatic heterocycles. The van der Waals surface area contributed by atoms with Gasteiger partial charge in [0.05, 0.1) is 6.10 Å². The Morgan fingerprint density at radius 1 is 0.774 bits per heavy atom. The number of benzene rings is 3. The lowest BCUT2D eigenvalue weighted by molar-refractivity contribution is -0.349. The first-order valence-corrected chi connectivity index (χ1v) is 16.2. The number of carbonyl (C=O) groups excluding carboxylic acids is 1. The third-order valence-corrected chi connectivity index (χ3v) is 8.71. The van der Waals surface area contributed by atoms with E-state index in [1.165, 1.54) is 49.4 Å². The zero-order chi connectivity index (χ0) is 38.1. The predicted molar refractivity (Wildman–Crippen MR) is 180 cm³/mol. The van der Waals surface area contributed by atoms with Crippen molar-refractivity contribution in [2.24, 2.45) is 0 Å². The Labute approximate surface area is 299 Å². The molecule has 4 aromatic rings. The molecule has 0 amide bonds. The van der Waals surface area contributed by atoms with Crippen LogP contribution in [-0.4, -0.2) is 120 Å². The van der Waals surface area contributed by atoms with Gasteiger partial charge < -0.3 is 74.1 Å². The maximum atomic E-state index is 13.7. The van der Waals surface area contributed by atoms with E-state index in [2.05, 4.69) is 0 Å². The first kappa shape index (κ1) is 37.5. The number of aliphatic hydroxyl groups excluding tert-OH is 5. The molecule has 2 aliphatic rings. The Bertz CT molecular complexity index is 2010. The van der Waals surface area contributed by atoms with Gasteiger partial charge in [-0.1, -0.05) is 12.1 Å². The van der Waals surface area contributed by atoms with E-state index >= 15 is 0 Å². The van der Waals surface area contributed by atoms with Crippen LogP contribution in [0.1, 0.15) is 12.5 Å². The molecule has 0 saturated carbocycles. The standard InChI is InChI=1S/C36H36O17/c1-15-32(52-36-30(46)28(44)26(42)23(51-36)14-48-24(41)11-4-16-2-7-18(37)8-3-16)29(45)31(47)35(49-15)53-34-27(43)25-21(40)12-20(39)13-22(25)50-33(34)17-5-9-19(38)10-6-17/h2-13,15,23,26,28-32,35-40,42,44-47H,14H2,1H3/b11-4+/t15-,23+,26+,28-,29-,30+,31+,32-,35-,36-/m0/s1. The van der Waals surface area contributed by atoms with Crippen molar-refractivity contribution >= 4 is 23.0 Å². The second-order valence-electron chi connectivity index (χ2n) is 12.5. The van der Waals surface area contributed by atoms with Crippen molar-refractivity contribution in [2.45, 2.75) is 68.3 Å². The number of hydrogen-bond donors (Lipinski definition) is 9. The summed E-state index contributed by atoms with van der Waals surface area (Å²) in [6.45, 7) is 0.808. The summed E-state index contributed by atoms with van der Waals surface area (Å²) in [5, 5.41) is 93.2. The first-order chi connectivity index (χ1) is 25.2. The number of phenols is 4. The van der Waals surface area contributed by atoms with E-state index in [-0.39, 0.29) is 33.8 Å². The molecule has 1 aromatic heterocycles. The van der Waals surface area contributed by atoms with Crippen molar-refractivity contribution < 1.29 is 78.9 Å². The molecule has 0 unspecified atom stereocenters. The van der Waals surface area contributed by atoms with Crippen molar-refractivity contribution in [3.05, 3.63) is 82.5 Å². The summed E-state index contributed by atoms with van der Waals surface area (Å²) < 4.78 is 33.9. The van der Waals surface area contributed by atoms with E-state index in [0.717, 1.165) is 18.2 Å². The van der Waals surface area contributed by atoms with Crippen LogP contribution in [-0.2, 0) is 23.7 Å². The van der Waals surface area contributed by atoms with E-state index in [0.29, 0.717) is 5.56 Å². The maximum Gasteiger partial charge on any atom is 0.330 e. The largest absolute Gasteiger partial charge is 0.508 e. The van der Waals surface area contributed by atoms with E-state index in [4.69, 9.17) is 28.1 Å². The van der Waals surface area contributed by atoms with Crippen LogP contribution in [0.4, 0.5) is 0 Å². The minimum atomic E-state index is -1.94. The van der Waals surface area contributed by atoms with Crippen LogP contribution in [0, 0.1) is 0 Å². The van der Waals surface area contributed by atoms with Crippen LogP contribution < -0.4 is 10.2 Å². The lowest BCUT2D eigenvalue weighted by atomic mass is 9.97. The van der Waals surface area contributed by atoms with Gasteiger partial charge in [0.25, 0.3) is 0 Å². The molecule has 282 valence electrons. The summed E-state index contributed by atoms with van der Waals surface area (Å²) in [6.07, 6.45) is -14.3. The number of carbonyl (C=O) groups is 1. The second kappa shape index (κ2) is 15.4. The first-order valence-electron chi connectivity index (χ1n) is 16.2. The number of hydrogen-bond acceptors (Lipinski definition) is 17. The molecule has 53 heavy (non-hydrogen) atoms. The normalized spacial score (nSPS) is 28.9. The minimum absolute atomic E-state index is 0.0378. The van der Waals surface area contributed by atoms with Crippen molar-refractivity contribution in [1.29, 1.82) is 0 Å². The van der Waals surface area contributed by atoms with Crippen molar-refractivity contribution in [3.63, 3.8) is 0 Å². The summed E-state index contributed by atoms with van der Waals surface area (Å²) in [7, 11) is 0. The number of fused-ring (bicyclic) bond motifs is 1. The summed E-state index contributed by atoms with van der Waals surface area (Å²) in [5.74, 6) is -2.76. The number of ether oxygens (including phenoxy) is 5. The van der Waals surface area contributed by atoms with Gasteiger partial charge in [0.15, 0.2) is 12.1 Å². The molecule has 0 radical (unpaired) electrons. The van der Waals surface area contributed by atoms with Crippen LogP contribution >= 0.6 is 0 Å². The highest BCUT2D eigenvalue weighted by Gasteiger charge is 2.50. The molecule has 3 aromatic carbocycles. The van der Waals surface area contributed by atoms with Crippen LogP contribution in [0.2, 0.25) is 0 Å². The molecule has 3 heterocycles. The second-order valence-corrected chi connectivity index (χ2v) is 12.5. The number of aromatic hydroxyl groups is 4. The zero-order valence-corrected chi connectivity index (χ0v) is 27.7. The number of rotatable bonds is 9. The van der Waals surface area contributed by atoms with Gasteiger partial charge in [0.2, 0.25) is 17.5 Å². The Morgan fingerprint density at radius 3 is 2.09 bits per heavy atom. The smallest absolute Gasteiger partial charge is 0.330 e. The quantitative estimate of drug-likeness (QED) is 0.0838. The Balaban J connectivity index is 1.17. The number of aliphatic hydroxyl groups is 5. The van der Waals surface area contributed by atoms with Crippen LogP contribution in [0.25, 0.3) is 28.4 Å². The SMILES string of the molecule is C[C@@H]1O[C@@H](Oc2c(-c3ccc(O)cc3)oc3cc(O)cc(O)c3c2=O)[C@H](O)[C@H](O)[C@H]1O[C@@H]1O[C@H](COC(=O)/C=C/c2ccc(O)cc2)[C@@H](O)[C@H](O)[C@H]1O. The van der Waals surface area contributed by atoms with Crippen LogP contribution in [0.5, 0.6) is 28.7 Å². The highest BCUT2D eigenvalue weighted by molar-refractivity contribution is 5.88. The summed E-state index contributed by atoms with van der Waals surface area (Å²) >= 11 is 0. The van der Waals surface area contributed by atoms with E-state index < -0.39 is 96.7 Å². The van der Waals surface area contributed by atoms with Crippen molar-refractivity contribution in [3.8, 4) is 40.1 Å².